The fraction of sp³-hybridized carbons (Fsp3) is 0.944. The highest BCUT2D eigenvalue weighted by molar-refractivity contribution is 6.74. The van der Waals surface area contributed by atoms with Crippen LogP contribution in [0.5, 0.6) is 0 Å². The molecule has 1 aliphatic rings. The van der Waals surface area contributed by atoms with Crippen LogP contribution in [0.15, 0.2) is 0 Å². The number of rotatable bonds is 5. The van der Waals surface area contributed by atoms with Crippen molar-refractivity contribution in [2.75, 3.05) is 13.2 Å². The van der Waals surface area contributed by atoms with Gasteiger partial charge < -0.3 is 19.2 Å². The second kappa shape index (κ2) is 7.34. The molecule has 1 saturated heterocycles. The minimum absolute atomic E-state index is 0.121. The molecule has 1 heterocycles. The second-order valence-electron chi connectivity index (χ2n) is 9.37. The van der Waals surface area contributed by atoms with Crippen LogP contribution in [0.25, 0.3) is 0 Å². The predicted molar refractivity (Wildman–Crippen MR) is 99.7 cm³/mol. The van der Waals surface area contributed by atoms with E-state index in [1.165, 1.54) is 0 Å². The van der Waals surface area contributed by atoms with Gasteiger partial charge in [0.05, 0.1) is 25.3 Å². The Labute approximate surface area is 148 Å². The van der Waals surface area contributed by atoms with Crippen LogP contribution >= 0.6 is 0 Å². The molecule has 0 bridgehead atoms. The van der Waals surface area contributed by atoms with Crippen molar-refractivity contribution in [2.45, 2.75) is 90.8 Å². The van der Waals surface area contributed by atoms with Gasteiger partial charge in [0.1, 0.15) is 5.60 Å². The number of aliphatic hydroxyl groups is 1. The predicted octanol–water partition coefficient (Wildman–Crippen LogP) is 4.01. The van der Waals surface area contributed by atoms with Crippen molar-refractivity contribution in [1.82, 2.24) is 4.90 Å². The fourth-order valence-corrected chi connectivity index (χ4v) is 5.15. The number of β-amino-alcohol motifs (C(OH)–C–C–N with tert-alkyl or cyclic N) is 1. The molecular weight excluding hydrogens is 322 g/mol. The molecule has 24 heavy (non-hydrogen) atoms. The molecule has 0 radical (unpaired) electrons. The van der Waals surface area contributed by atoms with E-state index in [2.05, 4.69) is 40.8 Å². The van der Waals surface area contributed by atoms with Crippen molar-refractivity contribution < 1.29 is 19.1 Å². The molecule has 1 fully saturated rings. The van der Waals surface area contributed by atoms with Gasteiger partial charge in [0.15, 0.2) is 8.32 Å². The van der Waals surface area contributed by atoms with Crippen molar-refractivity contribution in [3.05, 3.63) is 0 Å². The summed E-state index contributed by atoms with van der Waals surface area (Å²) in [4.78, 5) is 14.0. The number of ether oxygens (including phenoxy) is 1. The highest BCUT2D eigenvalue weighted by Gasteiger charge is 2.45. The molecule has 1 amide bonds. The third-order valence-corrected chi connectivity index (χ3v) is 10.2. The van der Waals surface area contributed by atoms with E-state index in [1.54, 1.807) is 4.90 Å². The van der Waals surface area contributed by atoms with E-state index in [0.717, 1.165) is 0 Å². The van der Waals surface area contributed by atoms with Gasteiger partial charge in [-0.05, 0) is 51.2 Å². The van der Waals surface area contributed by atoms with Crippen LogP contribution in [0.3, 0.4) is 0 Å². The minimum Gasteiger partial charge on any atom is -0.444 e. The summed E-state index contributed by atoms with van der Waals surface area (Å²) in [6.07, 6.45) is -0.324. The molecule has 0 unspecified atom stereocenters. The Morgan fingerprint density at radius 2 is 1.79 bits per heavy atom. The number of aliphatic hydroxyl groups excluding tert-OH is 1. The van der Waals surface area contributed by atoms with Crippen LogP contribution in [0.2, 0.25) is 18.1 Å². The molecule has 0 aromatic carbocycles. The van der Waals surface area contributed by atoms with Crippen molar-refractivity contribution in [2.24, 2.45) is 5.92 Å². The van der Waals surface area contributed by atoms with Crippen LogP contribution < -0.4 is 0 Å². The largest absolute Gasteiger partial charge is 0.444 e. The zero-order chi connectivity index (χ0) is 18.9. The third kappa shape index (κ3) is 5.20. The lowest BCUT2D eigenvalue weighted by molar-refractivity contribution is 0.0167. The number of amides is 1. The van der Waals surface area contributed by atoms with Gasteiger partial charge in [-0.25, -0.2) is 4.79 Å². The Balaban J connectivity index is 2.76. The molecule has 5 nitrogen and oxygen atoms in total. The standard InChI is InChI=1S/C18H37NO4Si/c1-13(2)18(6,7)24(8,9)22-12-14-10-15(20)11-19(14)16(21)23-17(3,4)5/h13-15,20H,10-12H2,1-9H3/t14-,15-/m1/s1. The SMILES string of the molecule is CC(C)C(C)(C)[Si](C)(C)OC[C@H]1C[C@@H](O)CN1C(=O)OC(C)(C)C. The highest BCUT2D eigenvalue weighted by Crippen LogP contribution is 2.44. The van der Waals surface area contributed by atoms with Crippen LogP contribution in [0.1, 0.15) is 54.9 Å². The molecule has 0 aromatic heterocycles. The Bertz CT molecular complexity index is 443. The summed E-state index contributed by atoms with van der Waals surface area (Å²) in [5.41, 5.74) is -0.538. The monoisotopic (exact) mass is 359 g/mol. The zero-order valence-electron chi connectivity index (χ0n) is 17.0. The van der Waals surface area contributed by atoms with Gasteiger partial charge in [-0.2, -0.15) is 0 Å². The van der Waals surface area contributed by atoms with E-state index in [-0.39, 0.29) is 17.2 Å². The Kier molecular flexibility index (Phi) is 6.56. The lowest BCUT2D eigenvalue weighted by Gasteiger charge is -2.43. The number of nitrogens with zero attached hydrogens (tertiary/aromatic N) is 1. The molecule has 2 atom stereocenters. The van der Waals surface area contributed by atoms with E-state index in [0.29, 0.717) is 25.5 Å². The van der Waals surface area contributed by atoms with E-state index in [9.17, 15) is 9.90 Å². The first-order valence-corrected chi connectivity index (χ1v) is 11.9. The molecular formula is C18H37NO4Si. The van der Waals surface area contributed by atoms with Crippen LogP contribution in [0, 0.1) is 5.92 Å². The second-order valence-corrected chi connectivity index (χ2v) is 14.0. The summed E-state index contributed by atoms with van der Waals surface area (Å²) in [5.74, 6) is 0.523. The lowest BCUT2D eigenvalue weighted by atomic mass is 9.99. The average Bonchev–Trinajstić information content (AvgIpc) is 2.75. The molecule has 1 aliphatic heterocycles. The molecule has 0 aromatic rings. The summed E-state index contributed by atoms with van der Waals surface area (Å²) < 4.78 is 11.8. The minimum atomic E-state index is -1.96. The number of hydrogen-bond donors (Lipinski definition) is 1. The number of carbonyl (C=O) groups excluding carboxylic acids is 1. The molecule has 142 valence electrons. The van der Waals surface area contributed by atoms with Crippen LogP contribution in [-0.4, -0.2) is 55.3 Å². The molecule has 1 rings (SSSR count). The van der Waals surface area contributed by atoms with Gasteiger partial charge in [0.25, 0.3) is 0 Å². The number of hydrogen-bond acceptors (Lipinski definition) is 4. The number of carbonyl (C=O) groups is 1. The quantitative estimate of drug-likeness (QED) is 0.753. The van der Waals surface area contributed by atoms with Gasteiger partial charge in [0, 0.05) is 0 Å². The van der Waals surface area contributed by atoms with Crippen LogP contribution in [-0.2, 0) is 9.16 Å². The Hall–Kier alpha value is -0.593. The summed E-state index contributed by atoms with van der Waals surface area (Å²) in [6, 6.07) is -0.121. The van der Waals surface area contributed by atoms with Gasteiger partial charge in [0.2, 0.25) is 0 Å². The number of likely N-dealkylation sites (tertiary alicyclic amines) is 1. The van der Waals surface area contributed by atoms with Crippen LogP contribution in [0.4, 0.5) is 4.79 Å². The highest BCUT2D eigenvalue weighted by atomic mass is 28.4. The van der Waals surface area contributed by atoms with E-state index in [4.69, 9.17) is 9.16 Å². The lowest BCUT2D eigenvalue weighted by Crippen LogP contribution is -2.49. The summed E-state index contributed by atoms with van der Waals surface area (Å²) >= 11 is 0. The van der Waals surface area contributed by atoms with E-state index >= 15 is 0 Å². The van der Waals surface area contributed by atoms with Gasteiger partial charge >= 0.3 is 6.09 Å². The summed E-state index contributed by atoms with van der Waals surface area (Å²) in [5, 5.41) is 10.1. The van der Waals surface area contributed by atoms with Gasteiger partial charge in [-0.1, -0.05) is 27.7 Å². The zero-order valence-corrected chi connectivity index (χ0v) is 18.0. The van der Waals surface area contributed by atoms with Crippen molar-refractivity contribution >= 4 is 14.4 Å². The third-order valence-electron chi connectivity index (χ3n) is 5.65. The first-order chi connectivity index (χ1) is 10.7. The molecule has 1 N–H and O–H groups in total. The Morgan fingerprint density at radius 3 is 2.25 bits per heavy atom. The maximum Gasteiger partial charge on any atom is 0.410 e. The fourth-order valence-electron chi connectivity index (χ4n) is 2.78. The van der Waals surface area contributed by atoms with E-state index in [1.807, 2.05) is 20.8 Å². The molecule has 0 aliphatic carbocycles. The first kappa shape index (κ1) is 21.4. The Morgan fingerprint density at radius 1 is 1.25 bits per heavy atom. The maximum absolute atomic E-state index is 12.4. The maximum atomic E-state index is 12.4. The smallest absolute Gasteiger partial charge is 0.410 e. The van der Waals surface area contributed by atoms with Crippen molar-refractivity contribution in [3.63, 3.8) is 0 Å². The van der Waals surface area contributed by atoms with E-state index < -0.39 is 20.0 Å². The van der Waals surface area contributed by atoms with Crippen molar-refractivity contribution in [1.29, 1.82) is 0 Å². The molecule has 0 spiro atoms. The normalized spacial score (nSPS) is 23.0. The topological polar surface area (TPSA) is 59.0 Å². The van der Waals surface area contributed by atoms with Crippen molar-refractivity contribution in [3.8, 4) is 0 Å². The molecule has 0 saturated carbocycles. The molecule has 6 heteroatoms. The average molecular weight is 360 g/mol. The van der Waals surface area contributed by atoms with Gasteiger partial charge in [-0.15, -0.1) is 0 Å². The van der Waals surface area contributed by atoms with Gasteiger partial charge in [-0.3, -0.25) is 0 Å². The summed E-state index contributed by atoms with van der Waals surface area (Å²) in [6.45, 7) is 19.8. The first-order valence-electron chi connectivity index (χ1n) is 8.99. The summed E-state index contributed by atoms with van der Waals surface area (Å²) in [7, 11) is -1.96.